The van der Waals surface area contributed by atoms with Crippen LogP contribution in [0.25, 0.3) is 0 Å². The van der Waals surface area contributed by atoms with E-state index >= 15 is 0 Å². The molecule has 1 fully saturated rings. The monoisotopic (exact) mass is 216 g/mol. The van der Waals surface area contributed by atoms with Crippen molar-refractivity contribution in [2.24, 2.45) is 11.8 Å². The molecule has 1 heterocycles. The summed E-state index contributed by atoms with van der Waals surface area (Å²) in [5, 5.41) is 0. The Kier molecular flexibility index (Phi) is 3.76. The van der Waals surface area contributed by atoms with Crippen LogP contribution in [0.15, 0.2) is 0 Å². The first-order valence-corrected chi connectivity index (χ1v) is 7.32. The Bertz CT molecular complexity index is 287. The fourth-order valence-electron chi connectivity index (χ4n) is 1.73. The highest BCUT2D eigenvalue weighted by molar-refractivity contribution is 8.00. The highest BCUT2D eigenvalue weighted by Crippen LogP contribution is 2.23. The van der Waals surface area contributed by atoms with E-state index in [4.69, 9.17) is 0 Å². The smallest absolute Gasteiger partial charge is 0.135 e. The third-order valence-electron chi connectivity index (χ3n) is 2.93. The van der Waals surface area contributed by atoms with Crippen LogP contribution in [0.2, 0.25) is 0 Å². The zero-order valence-corrected chi connectivity index (χ0v) is 9.94. The molecule has 0 saturated carbocycles. The number of hydrogen-bond donors (Lipinski definition) is 0. The first-order chi connectivity index (χ1) is 6.41. The Morgan fingerprint density at radius 1 is 1.43 bits per heavy atom. The summed E-state index contributed by atoms with van der Waals surface area (Å²) in [4.78, 5) is 11.5. The fourth-order valence-corrected chi connectivity index (χ4v) is 3.46. The normalized spacial score (nSPS) is 33.2. The Hall–Kier alpha value is -0.310. The van der Waals surface area contributed by atoms with Crippen molar-refractivity contribution in [3.05, 3.63) is 0 Å². The van der Waals surface area contributed by atoms with Crippen LogP contribution >= 0.6 is 0 Å². The van der Waals surface area contributed by atoms with E-state index in [1.54, 1.807) is 0 Å². The third kappa shape index (κ3) is 3.45. The van der Waals surface area contributed by atoms with Crippen molar-refractivity contribution in [1.82, 2.24) is 0 Å². The van der Waals surface area contributed by atoms with E-state index in [0.29, 0.717) is 29.6 Å². The van der Waals surface area contributed by atoms with Crippen LogP contribution in [0.4, 0.5) is 0 Å². The van der Waals surface area contributed by atoms with E-state index in [0.717, 1.165) is 12.8 Å². The van der Waals surface area contributed by atoms with Gasteiger partial charge in [0.15, 0.2) is 0 Å². The lowest BCUT2D eigenvalue weighted by Gasteiger charge is -2.24. The number of carbonyl (C=O) groups is 1. The van der Waals surface area contributed by atoms with E-state index in [-0.39, 0.29) is 5.92 Å². The zero-order chi connectivity index (χ0) is 10.8. The maximum atomic E-state index is 11.6. The molecular weight excluding hydrogens is 196 g/mol. The molecular formula is C11H20O2S. The molecule has 1 saturated heterocycles. The van der Waals surface area contributed by atoms with Gasteiger partial charge in [-0.2, -0.15) is 0 Å². The van der Waals surface area contributed by atoms with Crippen LogP contribution in [0.1, 0.15) is 33.1 Å². The van der Waals surface area contributed by atoms with Crippen molar-refractivity contribution >= 4 is 21.2 Å². The van der Waals surface area contributed by atoms with Gasteiger partial charge in [-0.3, -0.25) is 9.00 Å². The van der Waals surface area contributed by atoms with Gasteiger partial charge in [-0.25, -0.2) is 0 Å². The van der Waals surface area contributed by atoms with Crippen molar-refractivity contribution in [1.29, 1.82) is 0 Å². The molecule has 0 N–H and O–H groups in total. The lowest BCUT2D eigenvalue weighted by molar-refractivity contribution is -0.122. The molecule has 0 aliphatic carbocycles. The largest absolute Gasteiger partial charge is 0.299 e. The van der Waals surface area contributed by atoms with Gasteiger partial charge in [-0.1, -0.05) is 13.8 Å². The summed E-state index contributed by atoms with van der Waals surface area (Å²) in [6, 6.07) is 0. The zero-order valence-electron chi connectivity index (χ0n) is 9.12. The molecule has 0 unspecified atom stereocenters. The van der Waals surface area contributed by atoms with Gasteiger partial charge in [0.05, 0.1) is 0 Å². The first kappa shape index (κ1) is 11.8. The van der Waals surface area contributed by atoms with E-state index in [9.17, 15) is 9.00 Å². The molecule has 0 aromatic rings. The molecule has 0 amide bonds. The van der Waals surface area contributed by atoms with Crippen molar-refractivity contribution in [2.75, 3.05) is 11.5 Å². The molecule has 0 atom stereocenters. The molecule has 1 aliphatic heterocycles. The molecule has 1 aliphatic rings. The molecule has 1 rings (SSSR count). The minimum Gasteiger partial charge on any atom is -0.299 e. The highest BCUT2D eigenvalue weighted by Gasteiger charge is 2.22. The van der Waals surface area contributed by atoms with Crippen LogP contribution in [-0.4, -0.2) is 27.4 Å². The molecule has 3 heteroatoms. The second-order valence-corrected chi connectivity index (χ2v) is 7.39. The van der Waals surface area contributed by atoms with Crippen molar-refractivity contribution < 1.29 is 9.00 Å². The van der Waals surface area contributed by atoms with Crippen LogP contribution in [0.3, 0.4) is 0 Å². The maximum absolute atomic E-state index is 11.6. The average Bonchev–Trinajstić information content (AvgIpc) is 2.08. The molecule has 0 radical (unpaired) electrons. The molecule has 0 spiro atoms. The van der Waals surface area contributed by atoms with Crippen molar-refractivity contribution in [3.8, 4) is 0 Å². The molecule has 0 aromatic carbocycles. The minimum atomic E-state index is -1.78. The summed E-state index contributed by atoms with van der Waals surface area (Å²) in [6.07, 6.45) is 2.51. The first-order valence-electron chi connectivity index (χ1n) is 5.26. The molecule has 82 valence electrons. The van der Waals surface area contributed by atoms with Gasteiger partial charge in [0.25, 0.3) is 0 Å². The van der Waals surface area contributed by atoms with E-state index < -0.39 is 9.52 Å². The molecule has 14 heavy (non-hydrogen) atoms. The topological polar surface area (TPSA) is 34.1 Å². The molecule has 2 nitrogen and oxygen atoms in total. The Balaban J connectivity index is 2.40. The average molecular weight is 216 g/mol. The number of carbonyl (C=O) groups excluding carboxylic acids is 1. The van der Waals surface area contributed by atoms with E-state index in [1.807, 2.05) is 13.8 Å². The number of Topliss-reactive ketones (excluding diaryl/α,β-unsaturated/α-hetero) is 1. The van der Waals surface area contributed by atoms with Crippen LogP contribution in [0.5, 0.6) is 0 Å². The minimum absolute atomic E-state index is 0.140. The summed E-state index contributed by atoms with van der Waals surface area (Å²) < 4.78 is 11.6. The Morgan fingerprint density at radius 2 is 1.93 bits per heavy atom. The van der Waals surface area contributed by atoms with Crippen LogP contribution < -0.4 is 0 Å². The number of hydrogen-bond acceptors (Lipinski definition) is 2. The van der Waals surface area contributed by atoms with Gasteiger partial charge in [-0.05, 0) is 34.2 Å². The second-order valence-electron chi connectivity index (χ2n) is 4.64. The summed E-state index contributed by atoms with van der Waals surface area (Å²) >= 11 is 0. The van der Waals surface area contributed by atoms with Crippen molar-refractivity contribution in [2.45, 2.75) is 33.1 Å². The third-order valence-corrected chi connectivity index (χ3v) is 4.89. The lowest BCUT2D eigenvalue weighted by Crippen LogP contribution is -2.25. The fraction of sp³-hybridized carbons (Fsp3) is 0.818. The van der Waals surface area contributed by atoms with Gasteiger partial charge in [0.2, 0.25) is 0 Å². The van der Waals surface area contributed by atoms with E-state index in [1.165, 1.54) is 0 Å². The number of rotatable bonds is 3. The van der Waals surface area contributed by atoms with Gasteiger partial charge >= 0.3 is 0 Å². The SMILES string of the molecule is C=S1(=O)CCC(CC(=O)C(C)C)CC1. The highest BCUT2D eigenvalue weighted by atomic mass is 32.2. The molecule has 0 bridgehead atoms. The Labute approximate surface area is 87.1 Å². The maximum Gasteiger partial charge on any atom is 0.135 e. The summed E-state index contributed by atoms with van der Waals surface area (Å²) in [7, 11) is -1.78. The van der Waals surface area contributed by atoms with Gasteiger partial charge in [-0.15, -0.1) is 0 Å². The van der Waals surface area contributed by atoms with Crippen LogP contribution in [0, 0.1) is 11.8 Å². The standard InChI is InChI=1S/C11H20O2S/c1-9(2)11(12)8-10-4-6-14(3,13)7-5-10/h9-10H,3-8H2,1-2H3. The van der Waals surface area contributed by atoms with Crippen LogP contribution in [-0.2, 0) is 14.3 Å². The Morgan fingerprint density at radius 3 is 2.36 bits per heavy atom. The lowest BCUT2D eigenvalue weighted by atomic mass is 9.92. The predicted octanol–water partition coefficient (Wildman–Crippen LogP) is 1.73. The van der Waals surface area contributed by atoms with E-state index in [2.05, 4.69) is 5.87 Å². The number of ketones is 1. The summed E-state index contributed by atoms with van der Waals surface area (Å²) in [6.45, 7) is 3.88. The second kappa shape index (κ2) is 4.47. The van der Waals surface area contributed by atoms with Gasteiger partial charge in [0.1, 0.15) is 5.78 Å². The van der Waals surface area contributed by atoms with Crippen molar-refractivity contribution in [3.63, 3.8) is 0 Å². The molecule has 0 aromatic heterocycles. The predicted molar refractivity (Wildman–Crippen MR) is 62.2 cm³/mol. The summed E-state index contributed by atoms with van der Waals surface area (Å²) in [5.41, 5.74) is 0. The summed E-state index contributed by atoms with van der Waals surface area (Å²) in [5.74, 6) is 6.08. The van der Waals surface area contributed by atoms with Gasteiger partial charge < -0.3 is 0 Å². The quantitative estimate of drug-likeness (QED) is 0.673. The van der Waals surface area contributed by atoms with Gasteiger partial charge in [0, 0.05) is 23.8 Å².